The molecule has 230 valence electrons. The second kappa shape index (κ2) is 9.86. The van der Waals surface area contributed by atoms with Gasteiger partial charge in [0.1, 0.15) is 11.9 Å². The first-order valence-corrected chi connectivity index (χ1v) is 14.8. The minimum Gasteiger partial charge on any atom is -0.406 e. The van der Waals surface area contributed by atoms with E-state index in [0.29, 0.717) is 17.3 Å². The summed E-state index contributed by atoms with van der Waals surface area (Å²) in [5.41, 5.74) is -6.79. The van der Waals surface area contributed by atoms with Crippen LogP contribution in [0.5, 0.6) is 5.75 Å². The third-order valence-corrected chi connectivity index (χ3v) is 11.2. The number of aliphatic hydroxyl groups is 1. The third-order valence-electron chi connectivity index (χ3n) is 10.3. The van der Waals surface area contributed by atoms with Gasteiger partial charge in [0.2, 0.25) is 5.12 Å². The molecular formula is C30H28F5NO6S. The van der Waals surface area contributed by atoms with Gasteiger partial charge in [-0.2, -0.15) is 5.26 Å². The molecule has 0 amide bonds. The molecule has 13 heteroatoms. The lowest BCUT2D eigenvalue weighted by atomic mass is 9.44. The number of ether oxygens (including phenoxy) is 3. The van der Waals surface area contributed by atoms with Gasteiger partial charge in [0.05, 0.1) is 24.0 Å². The summed E-state index contributed by atoms with van der Waals surface area (Å²) >= 11 is 0.692. The molecule has 4 fully saturated rings. The zero-order valence-corrected chi connectivity index (χ0v) is 23.9. The van der Waals surface area contributed by atoms with E-state index in [4.69, 9.17) is 9.47 Å². The van der Waals surface area contributed by atoms with Crippen LogP contribution < -0.4 is 4.74 Å². The summed E-state index contributed by atoms with van der Waals surface area (Å²) in [5.74, 6) is -2.94. The fraction of sp³-hybridized carbons (Fsp3) is 0.567. The number of benzene rings is 1. The number of hydrogen-bond donors (Lipinski definition) is 1. The maximum absolute atomic E-state index is 17.5. The predicted molar refractivity (Wildman–Crippen MR) is 142 cm³/mol. The summed E-state index contributed by atoms with van der Waals surface area (Å²) in [6.45, 7) is 3.15. The smallest absolute Gasteiger partial charge is 0.406 e. The molecule has 6 rings (SSSR count). The molecule has 4 aliphatic carbocycles. The molecule has 0 aromatic heterocycles. The number of ketones is 1. The second-order valence-corrected chi connectivity index (χ2v) is 13.2. The van der Waals surface area contributed by atoms with Crippen LogP contribution in [0, 0.1) is 34.0 Å². The molecule has 3 saturated carbocycles. The molecule has 7 nitrogen and oxygen atoms in total. The Morgan fingerprint density at radius 3 is 2.56 bits per heavy atom. The van der Waals surface area contributed by atoms with Crippen LogP contribution in [0.4, 0.5) is 22.0 Å². The van der Waals surface area contributed by atoms with Crippen molar-refractivity contribution < 1.29 is 50.9 Å². The Bertz CT molecular complexity index is 1460. The number of halogens is 5. The highest BCUT2D eigenvalue weighted by Gasteiger charge is 2.80. The Balaban J connectivity index is 1.39. The van der Waals surface area contributed by atoms with Gasteiger partial charge in [0.25, 0.3) is 0 Å². The zero-order valence-electron chi connectivity index (χ0n) is 23.1. The summed E-state index contributed by atoms with van der Waals surface area (Å²) in [4.78, 5) is 26.0. The van der Waals surface area contributed by atoms with Gasteiger partial charge in [-0.3, -0.25) is 9.59 Å². The van der Waals surface area contributed by atoms with Gasteiger partial charge in [-0.05, 0) is 62.0 Å². The Kier molecular flexibility index (Phi) is 6.93. The topological polar surface area (TPSA) is 106 Å². The number of rotatable bonds is 4. The van der Waals surface area contributed by atoms with E-state index in [-0.39, 0.29) is 30.6 Å². The molecule has 1 N–H and O–H groups in total. The van der Waals surface area contributed by atoms with Crippen LogP contribution in [-0.4, -0.2) is 57.8 Å². The molecule has 1 aliphatic heterocycles. The summed E-state index contributed by atoms with van der Waals surface area (Å²) in [5, 5.41) is 20.2. The molecule has 5 aliphatic rings. The number of fused-ring (bicyclic) bond motifs is 7. The highest BCUT2D eigenvalue weighted by atomic mass is 32.2. The number of hydrogen-bond acceptors (Lipinski definition) is 8. The lowest BCUT2D eigenvalue weighted by Gasteiger charge is -2.63. The van der Waals surface area contributed by atoms with Crippen LogP contribution in [0.15, 0.2) is 48.1 Å². The lowest BCUT2D eigenvalue weighted by molar-refractivity contribution is -0.274. The number of carbonyl (C=O) groups is 2. The van der Waals surface area contributed by atoms with Crippen LogP contribution in [0.1, 0.15) is 45.0 Å². The third kappa shape index (κ3) is 4.16. The van der Waals surface area contributed by atoms with Gasteiger partial charge in [-0.1, -0.05) is 36.9 Å². The van der Waals surface area contributed by atoms with Crippen LogP contribution in [0.2, 0.25) is 0 Å². The standard InChI is InChI=1S/C30H28F5NO6S/c1-26-8-7-16(37)11-20(26)21(31)12-19-18-13-23-29(25(39)43-10-9-36,27(18,2)14-22(38)28(19,26)32)42-24(40-23)15-3-5-17(6-4-15)41-30(33,34)35/h3-8,11,18-19,21-24,38H,10,12-14H2,1-2H3/t18-,19-,21-,22-,23+,24?,26-,27-,28-,29-/m0/s1. The van der Waals surface area contributed by atoms with Gasteiger partial charge in [0.15, 0.2) is 23.3 Å². The number of carbonyl (C=O) groups excluding carboxylic acids is 2. The number of aliphatic hydroxyl groups excluding tert-OH is 1. The van der Waals surface area contributed by atoms with Crippen molar-refractivity contribution in [3.63, 3.8) is 0 Å². The number of nitrogens with zero attached hydrogens (tertiary/aromatic N) is 1. The van der Waals surface area contributed by atoms with Crippen LogP contribution >= 0.6 is 11.8 Å². The highest BCUT2D eigenvalue weighted by molar-refractivity contribution is 8.14. The van der Waals surface area contributed by atoms with Crippen LogP contribution in [-0.2, 0) is 19.1 Å². The molecule has 0 bridgehead atoms. The predicted octanol–water partition coefficient (Wildman–Crippen LogP) is 5.45. The Morgan fingerprint density at radius 1 is 1.21 bits per heavy atom. The fourth-order valence-electron chi connectivity index (χ4n) is 8.48. The first kappa shape index (κ1) is 30.2. The van der Waals surface area contributed by atoms with Crippen molar-refractivity contribution in [2.24, 2.45) is 22.7 Å². The van der Waals surface area contributed by atoms with Gasteiger partial charge in [-0.25, -0.2) is 8.78 Å². The maximum atomic E-state index is 17.5. The largest absolute Gasteiger partial charge is 0.573 e. The van der Waals surface area contributed by atoms with E-state index in [0.717, 1.165) is 18.2 Å². The lowest BCUT2D eigenvalue weighted by Crippen LogP contribution is -2.70. The Morgan fingerprint density at radius 2 is 1.91 bits per heavy atom. The van der Waals surface area contributed by atoms with Crippen molar-refractivity contribution >= 4 is 22.7 Å². The molecule has 1 aromatic carbocycles. The van der Waals surface area contributed by atoms with E-state index in [1.54, 1.807) is 6.92 Å². The molecule has 10 atom stereocenters. The first-order chi connectivity index (χ1) is 20.1. The Labute approximate surface area is 248 Å². The SMILES string of the molecule is C[C@]12C=CC(=O)C=C1[C@@H](F)C[C@H]1[C@@H]3C[C@H]4OC(c5ccc(OC(F)(F)F)cc5)O[C@@]4(C(=O)SCC#N)[C@@]3(C)C[C@H](O)[C@@]12F. The maximum Gasteiger partial charge on any atom is 0.573 e. The summed E-state index contributed by atoms with van der Waals surface area (Å²) in [7, 11) is 0. The van der Waals surface area contributed by atoms with Crippen molar-refractivity contribution in [1.82, 2.24) is 0 Å². The second-order valence-electron chi connectivity index (χ2n) is 12.3. The quantitative estimate of drug-likeness (QED) is 0.441. The molecule has 1 aromatic rings. The molecule has 1 heterocycles. The number of thioether (sulfide) groups is 1. The van der Waals surface area contributed by atoms with Gasteiger partial charge < -0.3 is 19.3 Å². The van der Waals surface area contributed by atoms with E-state index >= 15 is 8.78 Å². The van der Waals surface area contributed by atoms with E-state index < -0.39 is 81.6 Å². The normalized spacial score (nSPS) is 43.1. The summed E-state index contributed by atoms with van der Waals surface area (Å²) in [6.07, 6.45) is -7.39. The Hall–Kier alpha value is -2.79. The van der Waals surface area contributed by atoms with Gasteiger partial charge in [-0.15, -0.1) is 13.2 Å². The van der Waals surface area contributed by atoms with E-state index in [9.17, 15) is 33.1 Å². The van der Waals surface area contributed by atoms with Crippen molar-refractivity contribution in [1.29, 1.82) is 5.26 Å². The number of alkyl halides is 5. The molecule has 0 radical (unpaired) electrons. The summed E-state index contributed by atoms with van der Waals surface area (Å²) in [6, 6.07) is 6.65. The first-order valence-electron chi connectivity index (χ1n) is 13.8. The average molecular weight is 626 g/mol. The van der Waals surface area contributed by atoms with Crippen LogP contribution in [0.3, 0.4) is 0 Å². The monoisotopic (exact) mass is 625 g/mol. The summed E-state index contributed by atoms with van der Waals surface area (Å²) < 4.78 is 87.8. The number of allylic oxidation sites excluding steroid dienone is 4. The van der Waals surface area contributed by atoms with Gasteiger partial charge in [0, 0.05) is 22.3 Å². The van der Waals surface area contributed by atoms with Crippen molar-refractivity contribution in [3.05, 3.63) is 53.6 Å². The zero-order chi connectivity index (χ0) is 31.2. The minimum atomic E-state index is -4.89. The molecule has 1 saturated heterocycles. The van der Waals surface area contributed by atoms with E-state index in [1.165, 1.54) is 31.2 Å². The fourth-order valence-corrected chi connectivity index (χ4v) is 9.30. The van der Waals surface area contributed by atoms with Gasteiger partial charge >= 0.3 is 6.36 Å². The van der Waals surface area contributed by atoms with Crippen molar-refractivity contribution in [3.8, 4) is 11.8 Å². The highest BCUT2D eigenvalue weighted by Crippen LogP contribution is 2.73. The molecular weight excluding hydrogens is 597 g/mol. The van der Waals surface area contributed by atoms with Crippen molar-refractivity contribution in [2.45, 2.75) is 75.4 Å². The minimum absolute atomic E-state index is 0.0273. The molecule has 43 heavy (non-hydrogen) atoms. The van der Waals surface area contributed by atoms with Crippen LogP contribution in [0.25, 0.3) is 0 Å². The molecule has 0 spiro atoms. The van der Waals surface area contributed by atoms with Crippen molar-refractivity contribution in [2.75, 3.05) is 5.75 Å². The number of nitriles is 1. The molecule has 1 unspecified atom stereocenters. The average Bonchev–Trinajstić information content (AvgIpc) is 3.43. The van der Waals surface area contributed by atoms with E-state index in [2.05, 4.69) is 4.74 Å². The van der Waals surface area contributed by atoms with E-state index in [1.807, 2.05) is 6.07 Å².